The second kappa shape index (κ2) is 8.16. The van der Waals surface area contributed by atoms with Gasteiger partial charge in [-0.1, -0.05) is 12.1 Å². The van der Waals surface area contributed by atoms with E-state index in [1.54, 1.807) is 7.11 Å². The summed E-state index contributed by atoms with van der Waals surface area (Å²) in [5, 5.41) is 7.41. The Hall–Kier alpha value is -2.78. The summed E-state index contributed by atoms with van der Waals surface area (Å²) in [4.78, 5) is -0.622. The first-order valence-electron chi connectivity index (χ1n) is 9.53. The Labute approximate surface area is 173 Å². The number of halogens is 2. The second-order valence-electron chi connectivity index (χ2n) is 7.19. The number of hydrogen-bond acceptors (Lipinski definition) is 4. The van der Waals surface area contributed by atoms with Gasteiger partial charge in [0, 0.05) is 30.3 Å². The van der Waals surface area contributed by atoms with Crippen molar-refractivity contribution in [2.45, 2.75) is 23.7 Å². The number of aromatic amines is 1. The first-order chi connectivity index (χ1) is 14.4. The van der Waals surface area contributed by atoms with E-state index in [2.05, 4.69) is 10.2 Å². The number of benzene rings is 2. The van der Waals surface area contributed by atoms with Gasteiger partial charge >= 0.3 is 0 Å². The van der Waals surface area contributed by atoms with Gasteiger partial charge in [0.2, 0.25) is 10.0 Å². The van der Waals surface area contributed by atoms with E-state index in [0.29, 0.717) is 12.8 Å². The van der Waals surface area contributed by atoms with Gasteiger partial charge in [0.25, 0.3) is 0 Å². The molecule has 1 fully saturated rings. The lowest BCUT2D eigenvalue weighted by atomic mass is 9.94. The van der Waals surface area contributed by atoms with Crippen LogP contribution in [0.3, 0.4) is 0 Å². The lowest BCUT2D eigenvalue weighted by molar-refractivity contribution is 0.315. The summed E-state index contributed by atoms with van der Waals surface area (Å²) < 4.78 is 59.4. The molecule has 0 amide bonds. The predicted octanol–water partition coefficient (Wildman–Crippen LogP) is 3.93. The number of nitrogens with one attached hydrogen (secondary N) is 1. The van der Waals surface area contributed by atoms with Crippen LogP contribution in [0, 0.1) is 11.6 Å². The fraction of sp³-hybridized carbons (Fsp3) is 0.286. The monoisotopic (exact) mass is 433 g/mol. The lowest BCUT2D eigenvalue weighted by Crippen LogP contribution is -2.38. The van der Waals surface area contributed by atoms with E-state index < -0.39 is 26.6 Å². The lowest BCUT2D eigenvalue weighted by Gasteiger charge is -2.30. The minimum atomic E-state index is -4.09. The van der Waals surface area contributed by atoms with Crippen molar-refractivity contribution in [2.24, 2.45) is 0 Å². The smallest absolute Gasteiger partial charge is 0.246 e. The molecule has 0 aliphatic carbocycles. The molecule has 0 bridgehead atoms. The third-order valence-corrected chi connectivity index (χ3v) is 7.28. The highest BCUT2D eigenvalue weighted by atomic mass is 32.2. The number of nitrogens with zero attached hydrogens (tertiary/aromatic N) is 2. The number of H-pyrrole nitrogens is 1. The number of methoxy groups -OCH3 is 1. The maximum absolute atomic E-state index is 14.0. The van der Waals surface area contributed by atoms with E-state index in [-0.39, 0.29) is 19.0 Å². The molecule has 1 aliphatic heterocycles. The molecule has 2 heterocycles. The van der Waals surface area contributed by atoms with E-state index >= 15 is 0 Å². The van der Waals surface area contributed by atoms with Crippen molar-refractivity contribution in [1.29, 1.82) is 0 Å². The Bertz CT molecular complexity index is 1160. The molecule has 9 heteroatoms. The van der Waals surface area contributed by atoms with Crippen molar-refractivity contribution in [2.75, 3.05) is 20.2 Å². The minimum Gasteiger partial charge on any atom is -0.497 e. The van der Waals surface area contributed by atoms with Gasteiger partial charge in [-0.15, -0.1) is 0 Å². The summed E-state index contributed by atoms with van der Waals surface area (Å²) in [5.41, 5.74) is 2.61. The third kappa shape index (κ3) is 3.95. The Balaban J connectivity index is 1.47. The van der Waals surface area contributed by atoms with Gasteiger partial charge in [-0.25, -0.2) is 17.2 Å². The average molecular weight is 433 g/mol. The molecule has 0 spiro atoms. The summed E-state index contributed by atoms with van der Waals surface area (Å²) in [7, 11) is -2.48. The first-order valence-corrected chi connectivity index (χ1v) is 11.0. The summed E-state index contributed by atoms with van der Waals surface area (Å²) in [6.45, 7) is 0.437. The Kier molecular flexibility index (Phi) is 5.57. The van der Waals surface area contributed by atoms with E-state index in [4.69, 9.17) is 4.74 Å². The van der Waals surface area contributed by atoms with Crippen LogP contribution in [-0.4, -0.2) is 43.1 Å². The maximum atomic E-state index is 14.0. The molecule has 0 atom stereocenters. The molecular formula is C21H21F2N3O3S. The van der Waals surface area contributed by atoms with Crippen LogP contribution in [0.1, 0.15) is 24.5 Å². The SMILES string of the molecule is COc1cccc(-c2cc(C3CCN(S(=O)(=O)c4cc(F)ccc4F)CC3)[nH]n2)c1. The molecule has 0 saturated carbocycles. The molecule has 1 aliphatic rings. The van der Waals surface area contributed by atoms with Crippen LogP contribution in [0.15, 0.2) is 53.4 Å². The van der Waals surface area contributed by atoms with Crippen molar-refractivity contribution < 1.29 is 21.9 Å². The maximum Gasteiger partial charge on any atom is 0.246 e. The molecule has 0 unspecified atom stereocenters. The quantitative estimate of drug-likeness (QED) is 0.662. The largest absolute Gasteiger partial charge is 0.497 e. The van der Waals surface area contributed by atoms with Crippen molar-refractivity contribution in [1.82, 2.24) is 14.5 Å². The number of hydrogen-bond donors (Lipinski definition) is 1. The zero-order chi connectivity index (χ0) is 21.3. The van der Waals surface area contributed by atoms with Crippen LogP contribution in [0.25, 0.3) is 11.3 Å². The van der Waals surface area contributed by atoms with Crippen LogP contribution in [-0.2, 0) is 10.0 Å². The molecule has 3 aromatic rings. The predicted molar refractivity (Wildman–Crippen MR) is 108 cm³/mol. The Morgan fingerprint density at radius 2 is 1.87 bits per heavy atom. The molecule has 158 valence electrons. The van der Waals surface area contributed by atoms with Crippen molar-refractivity contribution in [3.63, 3.8) is 0 Å². The molecule has 0 radical (unpaired) electrons. The van der Waals surface area contributed by atoms with Gasteiger partial charge in [-0.05, 0) is 49.2 Å². The zero-order valence-corrected chi connectivity index (χ0v) is 17.1. The Morgan fingerprint density at radius 3 is 2.60 bits per heavy atom. The average Bonchev–Trinajstić information content (AvgIpc) is 3.26. The van der Waals surface area contributed by atoms with Crippen LogP contribution in [0.5, 0.6) is 5.75 Å². The summed E-state index contributed by atoms with van der Waals surface area (Å²) in [6, 6.07) is 12.0. The fourth-order valence-corrected chi connectivity index (χ4v) is 5.24. The number of piperidine rings is 1. The highest BCUT2D eigenvalue weighted by Gasteiger charge is 2.32. The van der Waals surface area contributed by atoms with E-state index in [9.17, 15) is 17.2 Å². The van der Waals surface area contributed by atoms with Crippen molar-refractivity contribution >= 4 is 10.0 Å². The van der Waals surface area contributed by atoms with Crippen LogP contribution in [0.2, 0.25) is 0 Å². The molecule has 1 N–H and O–H groups in total. The van der Waals surface area contributed by atoms with Crippen LogP contribution >= 0.6 is 0 Å². The Morgan fingerprint density at radius 1 is 1.10 bits per heavy atom. The number of sulfonamides is 1. The molecule has 1 saturated heterocycles. The van der Waals surface area contributed by atoms with Crippen molar-refractivity contribution in [3.8, 4) is 17.0 Å². The summed E-state index contributed by atoms with van der Waals surface area (Å²) in [6.07, 6.45) is 1.10. The van der Waals surface area contributed by atoms with Crippen LogP contribution in [0.4, 0.5) is 8.78 Å². The van der Waals surface area contributed by atoms with Crippen LogP contribution < -0.4 is 4.74 Å². The number of ether oxygens (including phenoxy) is 1. The van der Waals surface area contributed by atoms with Gasteiger partial charge in [0.15, 0.2) is 0 Å². The van der Waals surface area contributed by atoms with Gasteiger partial charge in [-0.2, -0.15) is 9.40 Å². The fourth-order valence-electron chi connectivity index (χ4n) is 3.70. The van der Waals surface area contributed by atoms with E-state index in [1.807, 2.05) is 30.3 Å². The van der Waals surface area contributed by atoms with Gasteiger partial charge in [0.05, 0.1) is 12.8 Å². The molecule has 6 nitrogen and oxygen atoms in total. The number of rotatable bonds is 5. The third-order valence-electron chi connectivity index (χ3n) is 5.37. The minimum absolute atomic E-state index is 0.0978. The van der Waals surface area contributed by atoms with Gasteiger partial charge < -0.3 is 4.74 Å². The van der Waals surface area contributed by atoms with Crippen molar-refractivity contribution in [3.05, 3.63) is 65.9 Å². The standard InChI is InChI=1S/C21H21F2N3O3S/c1-29-17-4-2-3-15(11-17)20-13-19(24-25-20)14-7-9-26(10-8-14)30(27,28)21-12-16(22)5-6-18(21)23/h2-6,11-14H,7-10H2,1H3,(H,24,25). The van der Waals surface area contributed by atoms with Gasteiger partial charge in [0.1, 0.15) is 22.3 Å². The molecular weight excluding hydrogens is 412 g/mol. The summed E-state index contributed by atoms with van der Waals surface area (Å²) >= 11 is 0. The van der Waals surface area contributed by atoms with E-state index in [1.165, 1.54) is 4.31 Å². The number of aromatic nitrogens is 2. The molecule has 4 rings (SSSR count). The normalized spacial score (nSPS) is 16.0. The highest BCUT2D eigenvalue weighted by Crippen LogP contribution is 2.32. The first kappa shape index (κ1) is 20.5. The molecule has 30 heavy (non-hydrogen) atoms. The molecule has 2 aromatic carbocycles. The second-order valence-corrected chi connectivity index (χ2v) is 9.10. The highest BCUT2D eigenvalue weighted by molar-refractivity contribution is 7.89. The van der Waals surface area contributed by atoms with E-state index in [0.717, 1.165) is 40.9 Å². The zero-order valence-electron chi connectivity index (χ0n) is 16.3. The summed E-state index contributed by atoms with van der Waals surface area (Å²) in [5.74, 6) is -0.900. The van der Waals surface area contributed by atoms with Gasteiger partial charge in [-0.3, -0.25) is 5.10 Å². The molecule has 1 aromatic heterocycles. The topological polar surface area (TPSA) is 75.3 Å².